The van der Waals surface area contributed by atoms with Gasteiger partial charge in [-0.15, -0.1) is 11.3 Å². The molecule has 1 amide bonds. The summed E-state index contributed by atoms with van der Waals surface area (Å²) in [6, 6.07) is 8.16. The molecule has 0 bridgehead atoms. The molecule has 1 aliphatic carbocycles. The number of amides is 1. The topological polar surface area (TPSA) is 51.2 Å². The van der Waals surface area contributed by atoms with Crippen molar-refractivity contribution >= 4 is 17.2 Å². The number of nitrogens with one attached hydrogen (secondary N) is 1. The first-order chi connectivity index (χ1) is 11.7. The molecule has 0 radical (unpaired) electrons. The number of hydrogen-bond acceptors (Lipinski definition) is 4. The first-order valence-electron chi connectivity index (χ1n) is 8.64. The van der Waals surface area contributed by atoms with Crippen LogP contribution in [0.25, 0.3) is 0 Å². The van der Waals surface area contributed by atoms with Gasteiger partial charge in [-0.05, 0) is 49.7 Å². The average Bonchev–Trinajstić information content (AvgIpc) is 3.34. The molecule has 2 aromatic rings. The van der Waals surface area contributed by atoms with Gasteiger partial charge < -0.3 is 10.1 Å². The summed E-state index contributed by atoms with van der Waals surface area (Å²) in [5.41, 5.74) is 1.16. The highest BCUT2D eigenvalue weighted by atomic mass is 32.1. The van der Waals surface area contributed by atoms with Gasteiger partial charge in [0.2, 0.25) is 5.91 Å². The zero-order chi connectivity index (χ0) is 16.5. The first-order valence-corrected chi connectivity index (χ1v) is 9.46. The summed E-state index contributed by atoms with van der Waals surface area (Å²) in [5.74, 6) is 1.85. The molecule has 126 valence electrons. The van der Waals surface area contributed by atoms with E-state index in [4.69, 9.17) is 4.74 Å². The van der Waals surface area contributed by atoms with E-state index in [0.717, 1.165) is 22.7 Å². The van der Waals surface area contributed by atoms with Crippen LogP contribution < -0.4 is 10.1 Å². The van der Waals surface area contributed by atoms with Crippen LogP contribution in [-0.2, 0) is 4.79 Å². The quantitative estimate of drug-likeness (QED) is 0.894. The van der Waals surface area contributed by atoms with E-state index in [0.29, 0.717) is 18.9 Å². The second-order valence-corrected chi connectivity index (χ2v) is 8.03. The third-order valence-electron chi connectivity index (χ3n) is 4.83. The predicted octanol–water partition coefficient (Wildman–Crippen LogP) is 3.98. The molecule has 0 spiro atoms. The third-order valence-corrected chi connectivity index (χ3v) is 5.83. The van der Waals surface area contributed by atoms with Gasteiger partial charge >= 0.3 is 0 Å². The number of para-hydroxylation sites is 1. The van der Waals surface area contributed by atoms with Crippen molar-refractivity contribution in [2.24, 2.45) is 5.92 Å². The smallest absolute Gasteiger partial charge is 0.221 e. The number of aromatic nitrogens is 1. The molecule has 24 heavy (non-hydrogen) atoms. The molecule has 2 aliphatic rings. The van der Waals surface area contributed by atoms with Gasteiger partial charge in [-0.3, -0.25) is 4.79 Å². The molecule has 4 rings (SSSR count). The normalized spacial score (nSPS) is 20.8. The van der Waals surface area contributed by atoms with Crippen LogP contribution in [0.15, 0.2) is 30.5 Å². The van der Waals surface area contributed by atoms with Crippen LogP contribution in [0.2, 0.25) is 0 Å². The summed E-state index contributed by atoms with van der Waals surface area (Å²) < 4.78 is 5.70. The Balaban J connectivity index is 1.45. The first kappa shape index (κ1) is 15.6. The summed E-state index contributed by atoms with van der Waals surface area (Å²) in [7, 11) is 0. The van der Waals surface area contributed by atoms with Crippen LogP contribution in [0.5, 0.6) is 5.75 Å². The van der Waals surface area contributed by atoms with Crippen molar-refractivity contribution in [3.05, 3.63) is 45.9 Å². The van der Waals surface area contributed by atoms with Crippen LogP contribution >= 0.6 is 11.3 Å². The van der Waals surface area contributed by atoms with Gasteiger partial charge in [0.05, 0.1) is 12.6 Å². The van der Waals surface area contributed by atoms with E-state index >= 15 is 0 Å². The van der Waals surface area contributed by atoms with Crippen LogP contribution in [0.1, 0.15) is 53.1 Å². The summed E-state index contributed by atoms with van der Waals surface area (Å²) >= 11 is 1.69. The Labute approximate surface area is 146 Å². The van der Waals surface area contributed by atoms with Crippen molar-refractivity contribution in [2.45, 2.75) is 44.6 Å². The Morgan fingerprint density at radius 3 is 2.96 bits per heavy atom. The minimum absolute atomic E-state index is 0.0892. The second kappa shape index (κ2) is 6.55. The predicted molar refractivity (Wildman–Crippen MR) is 94.4 cm³/mol. The minimum atomic E-state index is 0.0892. The number of aryl methyl sites for hydroxylation is 1. The van der Waals surface area contributed by atoms with Crippen molar-refractivity contribution in [2.75, 3.05) is 6.61 Å². The lowest BCUT2D eigenvalue weighted by molar-refractivity contribution is -0.122. The lowest BCUT2D eigenvalue weighted by Gasteiger charge is -2.26. The molecule has 1 aromatic carbocycles. The number of rotatable bonds is 5. The molecule has 2 atom stereocenters. The molecule has 1 aliphatic heterocycles. The summed E-state index contributed by atoms with van der Waals surface area (Å²) in [4.78, 5) is 18.4. The monoisotopic (exact) mass is 342 g/mol. The van der Waals surface area contributed by atoms with Crippen molar-refractivity contribution < 1.29 is 9.53 Å². The highest BCUT2D eigenvalue weighted by Crippen LogP contribution is 2.42. The van der Waals surface area contributed by atoms with Crippen molar-refractivity contribution in [1.29, 1.82) is 0 Å². The van der Waals surface area contributed by atoms with Crippen LogP contribution in [0.4, 0.5) is 0 Å². The largest absolute Gasteiger partial charge is 0.493 e. The Morgan fingerprint density at radius 2 is 2.21 bits per heavy atom. The maximum atomic E-state index is 12.7. The van der Waals surface area contributed by atoms with Crippen LogP contribution in [-0.4, -0.2) is 17.5 Å². The van der Waals surface area contributed by atoms with Gasteiger partial charge in [0.15, 0.2) is 0 Å². The molecule has 0 saturated heterocycles. The van der Waals surface area contributed by atoms with E-state index in [1.54, 1.807) is 11.3 Å². The number of carbonyl (C=O) groups is 1. The average molecular weight is 342 g/mol. The molecule has 1 fully saturated rings. The van der Waals surface area contributed by atoms with Crippen LogP contribution in [0, 0.1) is 12.8 Å². The van der Waals surface area contributed by atoms with Gasteiger partial charge in [0.1, 0.15) is 10.8 Å². The summed E-state index contributed by atoms with van der Waals surface area (Å²) in [6.45, 7) is 2.75. The fraction of sp³-hybridized carbons (Fsp3) is 0.474. The van der Waals surface area contributed by atoms with Crippen molar-refractivity contribution in [3.8, 4) is 5.75 Å². The Hall–Kier alpha value is -1.88. The molecular formula is C19H22N2O2S. The number of thiazole rings is 1. The molecule has 1 N–H and O–H groups in total. The Bertz CT molecular complexity index is 738. The van der Waals surface area contributed by atoms with E-state index in [1.807, 2.05) is 24.4 Å². The highest BCUT2D eigenvalue weighted by Gasteiger charge is 2.35. The number of fused-ring (bicyclic) bond motifs is 1. The molecule has 2 heterocycles. The summed E-state index contributed by atoms with van der Waals surface area (Å²) in [5, 5.41) is 4.31. The molecule has 0 unspecified atom stereocenters. The fourth-order valence-corrected chi connectivity index (χ4v) is 4.33. The third kappa shape index (κ3) is 3.31. The number of nitrogens with zero attached hydrogens (tertiary/aromatic N) is 1. The maximum absolute atomic E-state index is 12.7. The van der Waals surface area contributed by atoms with Gasteiger partial charge in [0.25, 0.3) is 0 Å². The lowest BCUT2D eigenvalue weighted by Crippen LogP contribution is -2.31. The van der Waals surface area contributed by atoms with E-state index in [1.165, 1.54) is 17.7 Å². The molecule has 5 heteroatoms. The Morgan fingerprint density at radius 1 is 1.38 bits per heavy atom. The SMILES string of the molecule is Cc1cnc([C@@H](NC(=O)C[C@@H]2CCOc3ccccc32)C2CC2)s1. The van der Waals surface area contributed by atoms with Gasteiger partial charge in [0, 0.05) is 17.5 Å². The molecular weight excluding hydrogens is 320 g/mol. The fourth-order valence-electron chi connectivity index (χ4n) is 3.41. The number of carbonyl (C=O) groups excluding carboxylic acids is 1. The van der Waals surface area contributed by atoms with E-state index in [2.05, 4.69) is 23.3 Å². The van der Waals surface area contributed by atoms with Crippen molar-refractivity contribution in [3.63, 3.8) is 0 Å². The molecule has 1 aromatic heterocycles. The molecule has 4 nitrogen and oxygen atoms in total. The maximum Gasteiger partial charge on any atom is 0.221 e. The highest BCUT2D eigenvalue weighted by molar-refractivity contribution is 7.11. The van der Waals surface area contributed by atoms with Crippen molar-refractivity contribution in [1.82, 2.24) is 10.3 Å². The number of hydrogen-bond donors (Lipinski definition) is 1. The van der Waals surface area contributed by atoms with E-state index in [9.17, 15) is 4.79 Å². The molecule has 1 saturated carbocycles. The Kier molecular flexibility index (Phi) is 4.27. The van der Waals surface area contributed by atoms with Gasteiger partial charge in [-0.1, -0.05) is 18.2 Å². The standard InChI is InChI=1S/C19H22N2O2S/c1-12-11-20-19(24-12)18(13-6-7-13)21-17(22)10-14-8-9-23-16-5-3-2-4-15(14)16/h2-5,11,13-14,18H,6-10H2,1H3,(H,21,22)/t14-,18-/m0/s1. The van der Waals surface area contributed by atoms with E-state index < -0.39 is 0 Å². The van der Waals surface area contributed by atoms with E-state index in [-0.39, 0.29) is 17.9 Å². The van der Waals surface area contributed by atoms with Crippen LogP contribution in [0.3, 0.4) is 0 Å². The minimum Gasteiger partial charge on any atom is -0.493 e. The van der Waals surface area contributed by atoms with Gasteiger partial charge in [-0.2, -0.15) is 0 Å². The van der Waals surface area contributed by atoms with Gasteiger partial charge in [-0.25, -0.2) is 4.98 Å². The second-order valence-electron chi connectivity index (χ2n) is 6.77. The number of ether oxygens (including phenoxy) is 1. The lowest BCUT2D eigenvalue weighted by atomic mass is 9.90. The zero-order valence-electron chi connectivity index (χ0n) is 13.8. The number of benzene rings is 1. The summed E-state index contributed by atoms with van der Waals surface area (Å²) in [6.07, 6.45) is 5.69. The zero-order valence-corrected chi connectivity index (χ0v) is 14.6.